The normalized spacial score (nSPS) is 39.2. The maximum absolute atomic E-state index is 3.48. The average molecular weight is 223 g/mol. The number of nitrogens with one attached hydrogen (secondary N) is 1. The Labute approximate surface area is 101 Å². The first-order valence-corrected chi connectivity index (χ1v) is 7.35. The van der Waals surface area contributed by atoms with Crippen LogP contribution in [0, 0.1) is 23.2 Å². The first-order valence-electron chi connectivity index (χ1n) is 7.35. The van der Waals surface area contributed by atoms with Crippen LogP contribution in [0.3, 0.4) is 0 Å². The predicted octanol–water partition coefficient (Wildman–Crippen LogP) is 3.84. The van der Waals surface area contributed by atoms with Crippen molar-refractivity contribution in [3.05, 3.63) is 0 Å². The van der Waals surface area contributed by atoms with Crippen LogP contribution in [0.25, 0.3) is 0 Å². The van der Waals surface area contributed by atoms with Crippen LogP contribution in [0.1, 0.15) is 58.8 Å². The van der Waals surface area contributed by atoms with E-state index in [0.29, 0.717) is 5.41 Å². The molecular formula is C15H29N. The lowest BCUT2D eigenvalue weighted by Crippen LogP contribution is -2.38. The van der Waals surface area contributed by atoms with Gasteiger partial charge in [-0.2, -0.15) is 0 Å². The molecule has 1 N–H and O–H groups in total. The molecule has 0 saturated heterocycles. The van der Waals surface area contributed by atoms with Crippen molar-refractivity contribution in [1.29, 1.82) is 0 Å². The third kappa shape index (κ3) is 2.30. The Morgan fingerprint density at radius 2 is 2.19 bits per heavy atom. The molecule has 4 atom stereocenters. The standard InChI is InChI=1S/C15H29N/c1-4-5-12(2)9-15(11-16-3)10-13-6-7-14(15)8-13/h12-14,16H,4-11H2,1-3H3. The minimum Gasteiger partial charge on any atom is -0.319 e. The second kappa shape index (κ2) is 5.08. The minimum atomic E-state index is 0.673. The van der Waals surface area contributed by atoms with Crippen LogP contribution in [-0.2, 0) is 0 Å². The molecule has 0 aromatic heterocycles. The van der Waals surface area contributed by atoms with Crippen molar-refractivity contribution in [1.82, 2.24) is 5.32 Å². The molecule has 94 valence electrons. The molecule has 0 amide bonds. The second-order valence-electron chi connectivity index (χ2n) is 6.57. The van der Waals surface area contributed by atoms with E-state index in [4.69, 9.17) is 0 Å². The summed E-state index contributed by atoms with van der Waals surface area (Å²) in [6.07, 6.45) is 10.4. The van der Waals surface area contributed by atoms with Crippen LogP contribution in [-0.4, -0.2) is 13.6 Å². The van der Waals surface area contributed by atoms with Crippen LogP contribution >= 0.6 is 0 Å². The van der Waals surface area contributed by atoms with Crippen molar-refractivity contribution in [2.24, 2.45) is 23.2 Å². The first-order chi connectivity index (χ1) is 7.70. The molecule has 2 bridgehead atoms. The number of rotatable bonds is 6. The zero-order chi connectivity index (χ0) is 11.6. The van der Waals surface area contributed by atoms with Crippen LogP contribution in [0.15, 0.2) is 0 Å². The van der Waals surface area contributed by atoms with Gasteiger partial charge in [-0.3, -0.25) is 0 Å². The number of hydrogen-bond donors (Lipinski definition) is 1. The Bertz CT molecular complexity index is 225. The molecule has 2 aliphatic carbocycles. The van der Waals surface area contributed by atoms with Crippen molar-refractivity contribution < 1.29 is 0 Å². The molecule has 0 radical (unpaired) electrons. The lowest BCUT2D eigenvalue weighted by Gasteiger charge is -2.40. The molecule has 0 heterocycles. The summed E-state index contributed by atoms with van der Waals surface area (Å²) in [6.45, 7) is 6.05. The molecule has 2 saturated carbocycles. The highest BCUT2D eigenvalue weighted by atomic mass is 14.8. The van der Waals surface area contributed by atoms with Gasteiger partial charge in [0.15, 0.2) is 0 Å². The molecule has 1 heteroatoms. The summed E-state index contributed by atoms with van der Waals surface area (Å²) < 4.78 is 0. The van der Waals surface area contributed by atoms with Gasteiger partial charge in [0.05, 0.1) is 0 Å². The zero-order valence-corrected chi connectivity index (χ0v) is 11.4. The summed E-state index contributed by atoms with van der Waals surface area (Å²) in [6, 6.07) is 0. The zero-order valence-electron chi connectivity index (χ0n) is 11.4. The van der Waals surface area contributed by atoms with E-state index in [1.165, 1.54) is 45.1 Å². The highest BCUT2D eigenvalue weighted by Crippen LogP contribution is 2.58. The van der Waals surface area contributed by atoms with Gasteiger partial charge in [0.25, 0.3) is 0 Å². The fraction of sp³-hybridized carbons (Fsp3) is 1.00. The van der Waals surface area contributed by atoms with E-state index in [1.807, 2.05) is 0 Å². The molecule has 0 aromatic carbocycles. The van der Waals surface area contributed by atoms with Gasteiger partial charge in [-0.1, -0.05) is 33.1 Å². The van der Waals surface area contributed by atoms with Crippen LogP contribution in [0.5, 0.6) is 0 Å². The molecular weight excluding hydrogens is 194 g/mol. The Morgan fingerprint density at radius 1 is 1.38 bits per heavy atom. The van der Waals surface area contributed by atoms with E-state index in [0.717, 1.165) is 17.8 Å². The van der Waals surface area contributed by atoms with Crippen molar-refractivity contribution in [2.45, 2.75) is 58.8 Å². The molecule has 4 unspecified atom stereocenters. The molecule has 2 rings (SSSR count). The third-order valence-electron chi connectivity index (χ3n) is 5.17. The minimum absolute atomic E-state index is 0.673. The fourth-order valence-corrected chi connectivity index (χ4v) is 4.74. The second-order valence-corrected chi connectivity index (χ2v) is 6.57. The van der Waals surface area contributed by atoms with E-state index in [2.05, 4.69) is 26.2 Å². The summed E-state index contributed by atoms with van der Waals surface area (Å²) in [7, 11) is 2.14. The fourth-order valence-electron chi connectivity index (χ4n) is 4.74. The van der Waals surface area contributed by atoms with Gasteiger partial charge in [0.2, 0.25) is 0 Å². The monoisotopic (exact) mass is 223 g/mol. The van der Waals surface area contributed by atoms with Crippen molar-refractivity contribution in [2.75, 3.05) is 13.6 Å². The van der Waals surface area contributed by atoms with Gasteiger partial charge in [0.1, 0.15) is 0 Å². The van der Waals surface area contributed by atoms with Crippen molar-refractivity contribution in [3.63, 3.8) is 0 Å². The highest BCUT2D eigenvalue weighted by Gasteiger charge is 2.50. The maximum Gasteiger partial charge on any atom is 0.000766 e. The summed E-state index contributed by atoms with van der Waals surface area (Å²) in [5.74, 6) is 3.05. The van der Waals surface area contributed by atoms with Gasteiger partial charge < -0.3 is 5.32 Å². The lowest BCUT2D eigenvalue weighted by molar-refractivity contribution is 0.120. The molecule has 0 aromatic rings. The molecule has 2 fully saturated rings. The Balaban J connectivity index is 1.99. The largest absolute Gasteiger partial charge is 0.319 e. The topological polar surface area (TPSA) is 12.0 Å². The first kappa shape index (κ1) is 12.4. The van der Waals surface area contributed by atoms with E-state index in [1.54, 1.807) is 6.42 Å². The quantitative estimate of drug-likeness (QED) is 0.721. The van der Waals surface area contributed by atoms with E-state index in [9.17, 15) is 0 Å². The predicted molar refractivity (Wildman–Crippen MR) is 70.5 cm³/mol. The van der Waals surface area contributed by atoms with Gasteiger partial charge in [0, 0.05) is 6.54 Å². The number of hydrogen-bond acceptors (Lipinski definition) is 1. The maximum atomic E-state index is 3.48. The van der Waals surface area contributed by atoms with Crippen molar-refractivity contribution in [3.8, 4) is 0 Å². The Morgan fingerprint density at radius 3 is 2.69 bits per heavy atom. The summed E-state index contributed by atoms with van der Waals surface area (Å²) >= 11 is 0. The molecule has 0 spiro atoms. The smallest absolute Gasteiger partial charge is 0.000766 e. The Kier molecular flexibility index (Phi) is 3.94. The Hall–Kier alpha value is -0.0400. The molecule has 2 aliphatic rings. The van der Waals surface area contributed by atoms with Gasteiger partial charge >= 0.3 is 0 Å². The number of fused-ring (bicyclic) bond motifs is 2. The average Bonchev–Trinajstić information content (AvgIpc) is 2.78. The molecule has 1 nitrogen and oxygen atoms in total. The van der Waals surface area contributed by atoms with Gasteiger partial charge in [-0.25, -0.2) is 0 Å². The van der Waals surface area contributed by atoms with E-state index in [-0.39, 0.29) is 0 Å². The SMILES string of the molecule is CCCC(C)CC1(CNC)CC2CCC1C2. The highest BCUT2D eigenvalue weighted by molar-refractivity contribution is 5.01. The summed E-state index contributed by atoms with van der Waals surface area (Å²) in [5.41, 5.74) is 0.673. The molecule has 16 heavy (non-hydrogen) atoms. The van der Waals surface area contributed by atoms with E-state index < -0.39 is 0 Å². The van der Waals surface area contributed by atoms with Crippen LogP contribution < -0.4 is 5.32 Å². The summed E-state index contributed by atoms with van der Waals surface area (Å²) in [4.78, 5) is 0. The van der Waals surface area contributed by atoms with Gasteiger partial charge in [-0.15, -0.1) is 0 Å². The van der Waals surface area contributed by atoms with Crippen LogP contribution in [0.4, 0.5) is 0 Å². The van der Waals surface area contributed by atoms with Crippen molar-refractivity contribution >= 4 is 0 Å². The lowest BCUT2D eigenvalue weighted by atomic mass is 9.67. The summed E-state index contributed by atoms with van der Waals surface area (Å²) in [5, 5.41) is 3.48. The van der Waals surface area contributed by atoms with Gasteiger partial charge in [-0.05, 0) is 55.9 Å². The van der Waals surface area contributed by atoms with Crippen LogP contribution in [0.2, 0.25) is 0 Å². The molecule has 0 aliphatic heterocycles. The third-order valence-corrected chi connectivity index (χ3v) is 5.17. The van der Waals surface area contributed by atoms with E-state index >= 15 is 0 Å².